The predicted molar refractivity (Wildman–Crippen MR) is 129 cm³/mol. The molecule has 0 saturated heterocycles. The van der Waals surface area contributed by atoms with Gasteiger partial charge in [-0.3, -0.25) is 0 Å². The molecule has 2 heterocycles. The molecule has 0 atom stereocenters. The third-order valence-electron chi connectivity index (χ3n) is 5.44. The molecule has 0 unspecified atom stereocenters. The van der Waals surface area contributed by atoms with E-state index in [0.717, 1.165) is 5.56 Å². The zero-order valence-electron chi connectivity index (χ0n) is 18.5. The van der Waals surface area contributed by atoms with Crippen LogP contribution >= 0.6 is 11.6 Å². The Morgan fingerprint density at radius 2 is 1.82 bits per heavy atom. The summed E-state index contributed by atoms with van der Waals surface area (Å²) in [5.74, 6) is 1.22. The minimum atomic E-state index is -0.252. The molecule has 8 nitrogen and oxygen atoms in total. The van der Waals surface area contributed by atoms with Crippen molar-refractivity contribution in [1.29, 1.82) is 0 Å². The molecule has 1 aliphatic rings. The molecule has 0 bridgehead atoms. The number of nitrogens with zero attached hydrogens (tertiary/aromatic N) is 4. The fraction of sp³-hybridized carbons (Fsp3) is 0.261. The van der Waals surface area contributed by atoms with Crippen molar-refractivity contribution in [1.82, 2.24) is 14.5 Å². The summed E-state index contributed by atoms with van der Waals surface area (Å²) in [5, 5.41) is 9.90. The van der Waals surface area contributed by atoms with Gasteiger partial charge in [0.15, 0.2) is 0 Å². The first-order valence-electron chi connectivity index (χ1n) is 10.5. The quantitative estimate of drug-likeness (QED) is 0.514. The van der Waals surface area contributed by atoms with E-state index in [1.54, 1.807) is 52.8 Å². The van der Waals surface area contributed by atoms with Gasteiger partial charge in [0, 0.05) is 0 Å². The number of aliphatic hydroxyl groups excluding tert-OH is 1. The van der Waals surface area contributed by atoms with Crippen LogP contribution in [0.2, 0.25) is 5.02 Å². The Bertz CT molecular complexity index is 1180. The van der Waals surface area contributed by atoms with Gasteiger partial charge in [0.25, 0.3) is 0 Å². The molecule has 4 rings (SSSR count). The first kappa shape index (κ1) is 22.9. The first-order chi connectivity index (χ1) is 15.9. The summed E-state index contributed by atoms with van der Waals surface area (Å²) >= 11 is 6.05. The van der Waals surface area contributed by atoms with E-state index in [9.17, 15) is 9.90 Å². The number of anilines is 1. The molecule has 0 aliphatic carbocycles. The summed E-state index contributed by atoms with van der Waals surface area (Å²) in [6, 6.07) is 14.9. The summed E-state index contributed by atoms with van der Waals surface area (Å²) in [7, 11) is 7.41. The molecule has 1 aromatic heterocycles. The number of aromatic nitrogens is 2. The molecule has 2 aromatic carbocycles. The Morgan fingerprint density at radius 1 is 1.12 bits per heavy atom. The van der Waals surface area contributed by atoms with Gasteiger partial charge in [-0.15, -0.1) is 0 Å². The number of methoxy groups -OCH3 is 1. The molecular formula is C23H24BClN4O4. The third kappa shape index (κ3) is 4.47. The summed E-state index contributed by atoms with van der Waals surface area (Å²) in [6.07, 6.45) is 0.434. The first-order valence-corrected chi connectivity index (χ1v) is 10.8. The number of benzene rings is 2. The van der Waals surface area contributed by atoms with Gasteiger partial charge in [0.2, 0.25) is 0 Å². The van der Waals surface area contributed by atoms with Crippen LogP contribution < -0.4 is 14.4 Å². The summed E-state index contributed by atoms with van der Waals surface area (Å²) in [4.78, 5) is 21.5. The Kier molecular flexibility index (Phi) is 6.71. The Labute approximate surface area is 198 Å². The Hall–Kier alpha value is -3.30. The molecule has 1 amide bonds. The van der Waals surface area contributed by atoms with Gasteiger partial charge in [-0.05, 0) is 0 Å². The van der Waals surface area contributed by atoms with E-state index in [1.165, 1.54) is 0 Å². The molecule has 0 saturated carbocycles. The van der Waals surface area contributed by atoms with Gasteiger partial charge in [-0.25, -0.2) is 0 Å². The SMILES string of the molecule is B=C1N(CCCO)C(=O)c2c(nc(Oc3ccccc3OC)n2Cc2ccc(Cl)cc2)N1C. The van der Waals surface area contributed by atoms with Gasteiger partial charge in [-0.2, -0.15) is 0 Å². The average molecular weight is 467 g/mol. The van der Waals surface area contributed by atoms with Crippen molar-refractivity contribution in [2.75, 3.05) is 32.2 Å². The predicted octanol–water partition coefficient (Wildman–Crippen LogP) is 2.65. The van der Waals surface area contributed by atoms with E-state index in [2.05, 4.69) is 12.5 Å². The van der Waals surface area contributed by atoms with Gasteiger partial charge < -0.3 is 0 Å². The van der Waals surface area contributed by atoms with Crippen molar-refractivity contribution >= 4 is 36.5 Å². The van der Waals surface area contributed by atoms with Crippen molar-refractivity contribution in [3.05, 3.63) is 64.8 Å². The molecule has 0 spiro atoms. The van der Waals surface area contributed by atoms with Gasteiger partial charge in [0.05, 0.1) is 0 Å². The van der Waals surface area contributed by atoms with E-state index >= 15 is 0 Å². The van der Waals surface area contributed by atoms with Crippen LogP contribution in [0, 0.1) is 0 Å². The normalized spacial score (nSPS) is 13.3. The fourth-order valence-electron chi connectivity index (χ4n) is 3.67. The number of halogens is 1. The molecule has 0 radical (unpaired) electrons. The number of rotatable bonds is 8. The van der Waals surface area contributed by atoms with Crippen molar-refractivity contribution in [2.45, 2.75) is 13.0 Å². The Morgan fingerprint density at radius 3 is 2.48 bits per heavy atom. The number of fused-ring (bicyclic) bond motifs is 1. The molecule has 170 valence electrons. The zero-order chi connectivity index (χ0) is 23.5. The number of hydrogen-bond donors (Lipinski definition) is 1. The number of amides is 1. The van der Waals surface area contributed by atoms with E-state index in [-0.39, 0.29) is 18.5 Å². The third-order valence-corrected chi connectivity index (χ3v) is 5.69. The molecule has 0 fully saturated rings. The van der Waals surface area contributed by atoms with Crippen LogP contribution in [-0.4, -0.2) is 66.0 Å². The van der Waals surface area contributed by atoms with E-state index in [1.807, 2.05) is 24.3 Å². The number of imidazole rings is 1. The molecule has 33 heavy (non-hydrogen) atoms. The monoisotopic (exact) mass is 466 g/mol. The van der Waals surface area contributed by atoms with Crippen molar-refractivity contribution < 1.29 is 19.4 Å². The molecular weight excluding hydrogens is 443 g/mol. The summed E-state index contributed by atoms with van der Waals surface area (Å²) < 4.78 is 13.3. The van der Waals surface area contributed by atoms with E-state index < -0.39 is 0 Å². The number of hydrogen-bond acceptors (Lipinski definition) is 6. The van der Waals surface area contributed by atoms with Crippen LogP contribution in [-0.2, 0) is 6.54 Å². The van der Waals surface area contributed by atoms with E-state index in [4.69, 9.17) is 21.1 Å². The number of carbonyl (C=O) groups is 1. The number of para-hydroxylation sites is 2. The molecule has 1 N–H and O–H groups in total. The van der Waals surface area contributed by atoms with Crippen molar-refractivity contribution in [3.63, 3.8) is 0 Å². The Balaban J connectivity index is 1.82. The number of aliphatic hydroxyl groups is 1. The second-order valence-corrected chi connectivity index (χ2v) is 7.98. The van der Waals surface area contributed by atoms with Crippen LogP contribution in [0.1, 0.15) is 22.5 Å². The van der Waals surface area contributed by atoms with Crippen molar-refractivity contribution in [3.8, 4) is 17.5 Å². The van der Waals surface area contributed by atoms with Crippen LogP contribution in [0.25, 0.3) is 0 Å². The van der Waals surface area contributed by atoms with Gasteiger partial charge in [-0.1, -0.05) is 0 Å². The summed E-state index contributed by atoms with van der Waals surface area (Å²) in [6.45, 7) is 0.649. The van der Waals surface area contributed by atoms with Crippen LogP contribution in [0.15, 0.2) is 48.5 Å². The second-order valence-electron chi connectivity index (χ2n) is 7.54. The maximum atomic E-state index is 13.5. The van der Waals surface area contributed by atoms with Crippen LogP contribution in [0.3, 0.4) is 0 Å². The minimum absolute atomic E-state index is 0.0279. The standard InChI is InChI=1S/C23H24BClN4O4/c1-27-20-19(21(31)28(22(27)24)12-5-13-30)29(14-15-8-10-16(25)11-9-15)23(26-20)33-18-7-4-3-6-17(18)32-2/h3-4,6-11,24,30H,5,12-14H2,1-2H3. The van der Waals surface area contributed by atoms with Gasteiger partial charge in [0.1, 0.15) is 0 Å². The topological polar surface area (TPSA) is 80.1 Å². The zero-order valence-corrected chi connectivity index (χ0v) is 19.2. The average Bonchev–Trinajstić information content (AvgIpc) is 3.17. The maximum absolute atomic E-state index is 13.5. The molecule has 10 heteroatoms. The summed E-state index contributed by atoms with van der Waals surface area (Å²) in [5.41, 5.74) is 1.79. The van der Waals surface area contributed by atoms with E-state index in [0.29, 0.717) is 53.3 Å². The van der Waals surface area contributed by atoms with Crippen LogP contribution in [0.4, 0.5) is 5.82 Å². The van der Waals surface area contributed by atoms with Gasteiger partial charge >= 0.3 is 198 Å². The fourth-order valence-corrected chi connectivity index (χ4v) is 3.80. The number of carbonyl (C=O) groups excluding carboxylic acids is 1. The molecule has 3 aromatic rings. The van der Waals surface area contributed by atoms with Crippen molar-refractivity contribution in [2.24, 2.45) is 0 Å². The van der Waals surface area contributed by atoms with Crippen LogP contribution in [0.5, 0.6) is 17.5 Å². The second kappa shape index (κ2) is 9.68. The molecule has 1 aliphatic heterocycles. The number of ether oxygens (including phenoxy) is 2.